The van der Waals surface area contributed by atoms with Crippen molar-refractivity contribution in [2.75, 3.05) is 11.4 Å². The highest BCUT2D eigenvalue weighted by Gasteiger charge is 2.29. The van der Waals surface area contributed by atoms with Crippen molar-refractivity contribution in [2.24, 2.45) is 0 Å². The van der Waals surface area contributed by atoms with E-state index in [4.69, 9.17) is 4.74 Å². The number of anilines is 1. The summed E-state index contributed by atoms with van der Waals surface area (Å²) in [5.41, 5.74) is 3.61. The average molecular weight is 412 g/mol. The molecule has 5 nitrogen and oxygen atoms in total. The molecular weight excluding hydrogens is 386 g/mol. The van der Waals surface area contributed by atoms with E-state index in [1.807, 2.05) is 56.3 Å². The van der Waals surface area contributed by atoms with Crippen molar-refractivity contribution in [1.29, 1.82) is 0 Å². The molecule has 0 aliphatic carbocycles. The predicted octanol–water partition coefficient (Wildman–Crippen LogP) is 4.20. The van der Waals surface area contributed by atoms with Crippen LogP contribution >= 0.6 is 0 Å². The highest BCUT2D eigenvalue weighted by atomic mass is 32.2. The molecule has 3 aromatic carbocycles. The summed E-state index contributed by atoms with van der Waals surface area (Å²) >= 11 is 0. The summed E-state index contributed by atoms with van der Waals surface area (Å²) in [6, 6.07) is 19.5. The second-order valence-electron chi connectivity index (χ2n) is 6.86. The lowest BCUT2D eigenvalue weighted by atomic mass is 10.0. The molecule has 0 bridgehead atoms. The number of aliphatic hydroxyl groups is 1. The van der Waals surface area contributed by atoms with Gasteiger partial charge in [-0.05, 0) is 54.8 Å². The van der Waals surface area contributed by atoms with Crippen LogP contribution in [0.25, 0.3) is 0 Å². The molecule has 0 amide bonds. The van der Waals surface area contributed by atoms with Crippen LogP contribution in [0.5, 0.6) is 5.75 Å². The van der Waals surface area contributed by atoms with Crippen molar-refractivity contribution in [3.05, 3.63) is 89.0 Å². The van der Waals surface area contributed by atoms with Gasteiger partial charge in [-0.3, -0.25) is 4.31 Å². The fraction of sp³-hybridized carbons (Fsp3) is 0.217. The Kier molecular flexibility index (Phi) is 6.25. The molecule has 0 aliphatic rings. The van der Waals surface area contributed by atoms with E-state index in [2.05, 4.69) is 0 Å². The Bertz CT molecular complexity index is 1080. The summed E-state index contributed by atoms with van der Waals surface area (Å²) in [6.45, 7) is 3.64. The van der Waals surface area contributed by atoms with Gasteiger partial charge in [0, 0.05) is 5.56 Å². The molecule has 0 saturated heterocycles. The second kappa shape index (κ2) is 8.68. The number of hydrogen-bond acceptors (Lipinski definition) is 4. The van der Waals surface area contributed by atoms with Crippen LogP contribution < -0.4 is 9.04 Å². The van der Waals surface area contributed by atoms with Gasteiger partial charge in [0.15, 0.2) is 0 Å². The van der Waals surface area contributed by atoms with Gasteiger partial charge in [-0.15, -0.1) is 0 Å². The molecule has 0 heterocycles. The van der Waals surface area contributed by atoms with Crippen molar-refractivity contribution in [1.82, 2.24) is 0 Å². The number of aliphatic hydroxyl groups excluding tert-OH is 1. The maximum absolute atomic E-state index is 13.7. The minimum absolute atomic E-state index is 0.159. The van der Waals surface area contributed by atoms with Crippen molar-refractivity contribution < 1.29 is 18.3 Å². The van der Waals surface area contributed by atoms with E-state index in [0.29, 0.717) is 17.0 Å². The van der Waals surface area contributed by atoms with Gasteiger partial charge in [0.2, 0.25) is 0 Å². The zero-order valence-electron chi connectivity index (χ0n) is 16.8. The predicted molar refractivity (Wildman–Crippen MR) is 115 cm³/mol. The van der Waals surface area contributed by atoms with E-state index in [9.17, 15) is 13.5 Å². The summed E-state index contributed by atoms with van der Waals surface area (Å²) in [5.74, 6) is 0.585. The second-order valence-corrected chi connectivity index (χ2v) is 8.72. The van der Waals surface area contributed by atoms with Crippen molar-refractivity contribution in [3.8, 4) is 5.75 Å². The smallest absolute Gasteiger partial charge is 0.264 e. The van der Waals surface area contributed by atoms with Crippen molar-refractivity contribution in [2.45, 2.75) is 31.9 Å². The molecule has 0 atom stereocenters. The molecular formula is C23H25NO4S. The monoisotopic (exact) mass is 411 g/mol. The minimum atomic E-state index is -3.88. The summed E-state index contributed by atoms with van der Waals surface area (Å²) in [4.78, 5) is 0.166. The fourth-order valence-corrected chi connectivity index (χ4v) is 4.86. The van der Waals surface area contributed by atoms with Crippen LogP contribution in [0.4, 0.5) is 5.69 Å². The first-order chi connectivity index (χ1) is 13.9. The minimum Gasteiger partial charge on any atom is -0.497 e. The van der Waals surface area contributed by atoms with Gasteiger partial charge in [0.1, 0.15) is 5.75 Å². The Morgan fingerprint density at radius 2 is 1.52 bits per heavy atom. The topological polar surface area (TPSA) is 66.8 Å². The fourth-order valence-electron chi connectivity index (χ4n) is 3.31. The molecule has 6 heteroatoms. The maximum atomic E-state index is 13.7. The third-order valence-corrected chi connectivity index (χ3v) is 6.70. The lowest BCUT2D eigenvalue weighted by molar-refractivity contribution is 0.281. The molecule has 29 heavy (non-hydrogen) atoms. The van der Waals surface area contributed by atoms with Crippen LogP contribution in [0.15, 0.2) is 71.6 Å². The third kappa shape index (κ3) is 4.28. The third-order valence-electron chi connectivity index (χ3n) is 4.94. The van der Waals surface area contributed by atoms with E-state index < -0.39 is 10.0 Å². The first-order valence-corrected chi connectivity index (χ1v) is 10.7. The summed E-state index contributed by atoms with van der Waals surface area (Å²) in [7, 11) is -2.35. The number of rotatable bonds is 7. The maximum Gasteiger partial charge on any atom is 0.264 e. The number of nitrogens with zero attached hydrogens (tertiary/aromatic N) is 1. The summed E-state index contributed by atoms with van der Waals surface area (Å²) in [6.07, 6.45) is 0. The molecule has 0 aromatic heterocycles. The standard InChI is InChI=1S/C23H25NO4S/c1-17-9-10-18(2)23(22(17)16-25)24(15-19-7-5-4-6-8-19)29(26,27)21-13-11-20(28-3)12-14-21/h4-14,25H,15-16H2,1-3H3. The Labute approximate surface area is 172 Å². The normalized spacial score (nSPS) is 11.3. The van der Waals surface area contributed by atoms with Gasteiger partial charge in [-0.25, -0.2) is 8.42 Å². The van der Waals surface area contributed by atoms with Crippen LogP contribution in [0.1, 0.15) is 22.3 Å². The highest BCUT2D eigenvalue weighted by molar-refractivity contribution is 7.92. The van der Waals surface area contributed by atoms with E-state index in [-0.39, 0.29) is 18.0 Å². The molecule has 1 N–H and O–H groups in total. The number of sulfonamides is 1. The largest absolute Gasteiger partial charge is 0.497 e. The number of hydrogen-bond donors (Lipinski definition) is 1. The number of ether oxygens (including phenoxy) is 1. The number of aryl methyl sites for hydroxylation is 2. The Morgan fingerprint density at radius 1 is 0.897 bits per heavy atom. The number of benzene rings is 3. The highest BCUT2D eigenvalue weighted by Crippen LogP contribution is 2.34. The Balaban J connectivity index is 2.20. The molecule has 0 saturated carbocycles. The zero-order chi connectivity index (χ0) is 21.0. The molecule has 3 aromatic rings. The van der Waals surface area contributed by atoms with Crippen LogP contribution in [-0.2, 0) is 23.2 Å². The van der Waals surface area contributed by atoms with Gasteiger partial charge in [-0.1, -0.05) is 42.5 Å². The molecule has 0 unspecified atom stereocenters. The first kappa shape index (κ1) is 20.9. The van der Waals surface area contributed by atoms with Gasteiger partial charge in [0.25, 0.3) is 10.0 Å². The van der Waals surface area contributed by atoms with Crippen LogP contribution in [0.2, 0.25) is 0 Å². The Hall–Kier alpha value is -2.83. The molecule has 3 rings (SSSR count). The first-order valence-electron chi connectivity index (χ1n) is 9.29. The van der Waals surface area contributed by atoms with Crippen LogP contribution in [0, 0.1) is 13.8 Å². The lowest BCUT2D eigenvalue weighted by Gasteiger charge is -2.29. The lowest BCUT2D eigenvalue weighted by Crippen LogP contribution is -2.32. The average Bonchev–Trinajstić information content (AvgIpc) is 2.74. The van der Waals surface area contributed by atoms with Crippen molar-refractivity contribution in [3.63, 3.8) is 0 Å². The van der Waals surface area contributed by atoms with E-state index >= 15 is 0 Å². The van der Waals surface area contributed by atoms with Gasteiger partial charge in [-0.2, -0.15) is 0 Å². The van der Waals surface area contributed by atoms with E-state index in [1.54, 1.807) is 12.1 Å². The van der Waals surface area contributed by atoms with Crippen LogP contribution in [-0.4, -0.2) is 20.6 Å². The number of methoxy groups -OCH3 is 1. The molecule has 0 fully saturated rings. The van der Waals surface area contributed by atoms with Crippen LogP contribution in [0.3, 0.4) is 0 Å². The van der Waals surface area contributed by atoms with Crippen molar-refractivity contribution >= 4 is 15.7 Å². The summed E-state index contributed by atoms with van der Waals surface area (Å²) < 4.78 is 33.9. The summed E-state index contributed by atoms with van der Waals surface area (Å²) in [5, 5.41) is 10.0. The molecule has 0 aliphatic heterocycles. The van der Waals surface area contributed by atoms with E-state index in [1.165, 1.54) is 23.5 Å². The van der Waals surface area contributed by atoms with E-state index in [0.717, 1.165) is 16.7 Å². The van der Waals surface area contributed by atoms with Gasteiger partial charge < -0.3 is 9.84 Å². The molecule has 0 radical (unpaired) electrons. The van der Waals surface area contributed by atoms with Gasteiger partial charge >= 0.3 is 0 Å². The van der Waals surface area contributed by atoms with Gasteiger partial charge in [0.05, 0.1) is 30.8 Å². The quantitative estimate of drug-likeness (QED) is 0.633. The molecule has 0 spiro atoms. The Morgan fingerprint density at radius 3 is 2.10 bits per heavy atom. The molecule has 152 valence electrons. The SMILES string of the molecule is COc1ccc(S(=O)(=O)N(Cc2ccccc2)c2c(C)ccc(C)c2CO)cc1. The zero-order valence-corrected chi connectivity index (χ0v) is 17.6.